The Morgan fingerprint density at radius 2 is 2.04 bits per heavy atom. The van der Waals surface area contributed by atoms with Gasteiger partial charge in [-0.1, -0.05) is 12.1 Å². The number of aliphatic imine (C=N–C) groups is 1. The molecular weight excluding hydrogens is 460 g/mol. The van der Waals surface area contributed by atoms with E-state index in [0.29, 0.717) is 6.54 Å². The maximum atomic E-state index is 13.6. The van der Waals surface area contributed by atoms with Crippen LogP contribution in [0.15, 0.2) is 29.3 Å². The average Bonchev–Trinajstić information content (AvgIpc) is 2.62. The van der Waals surface area contributed by atoms with Crippen LogP contribution in [0.3, 0.4) is 0 Å². The zero-order valence-corrected chi connectivity index (χ0v) is 18.9. The van der Waals surface area contributed by atoms with E-state index in [1.165, 1.54) is 6.07 Å². The number of benzene rings is 1. The van der Waals surface area contributed by atoms with Crippen molar-refractivity contribution < 1.29 is 9.13 Å². The number of hydrogen-bond donors (Lipinski definition) is 2. The van der Waals surface area contributed by atoms with Gasteiger partial charge in [0.25, 0.3) is 0 Å². The molecule has 0 bridgehead atoms. The van der Waals surface area contributed by atoms with Gasteiger partial charge in [0.2, 0.25) is 0 Å². The predicted octanol–water partition coefficient (Wildman–Crippen LogP) is 1.93. The zero-order valence-electron chi connectivity index (χ0n) is 16.6. The number of guanidine groups is 1. The number of nitrogens with one attached hydrogen (secondary N) is 2. The van der Waals surface area contributed by atoms with Gasteiger partial charge in [-0.25, -0.2) is 4.39 Å². The van der Waals surface area contributed by atoms with Crippen molar-refractivity contribution in [2.75, 3.05) is 66.6 Å². The first-order valence-electron chi connectivity index (χ1n) is 9.34. The number of rotatable bonds is 8. The molecule has 1 heterocycles. The molecule has 0 amide bonds. The van der Waals surface area contributed by atoms with E-state index in [2.05, 4.69) is 27.4 Å². The van der Waals surface area contributed by atoms with E-state index in [-0.39, 0.29) is 35.8 Å². The van der Waals surface area contributed by atoms with Gasteiger partial charge < -0.3 is 20.3 Å². The molecule has 0 aromatic heterocycles. The van der Waals surface area contributed by atoms with E-state index in [4.69, 9.17) is 9.73 Å². The normalized spacial score (nSPS) is 16.7. The number of halogens is 2. The maximum absolute atomic E-state index is 13.6. The Labute approximate surface area is 179 Å². The highest BCUT2D eigenvalue weighted by Gasteiger charge is 2.15. The molecule has 27 heavy (non-hydrogen) atoms. The first kappa shape index (κ1) is 24.1. The Kier molecular flexibility index (Phi) is 11.8. The summed E-state index contributed by atoms with van der Waals surface area (Å²) < 4.78 is 18.9. The average molecular weight is 493 g/mol. The molecule has 0 saturated carbocycles. The minimum absolute atomic E-state index is 0. The lowest BCUT2D eigenvalue weighted by Gasteiger charge is -2.27. The fourth-order valence-electron chi connectivity index (χ4n) is 2.96. The van der Waals surface area contributed by atoms with Crippen LogP contribution < -0.4 is 10.6 Å². The summed E-state index contributed by atoms with van der Waals surface area (Å²) in [6, 6.07) is 6.77. The van der Waals surface area contributed by atoms with Crippen LogP contribution in [0.5, 0.6) is 0 Å². The van der Waals surface area contributed by atoms with Crippen LogP contribution in [-0.2, 0) is 4.74 Å². The number of morpholine rings is 1. The molecule has 0 spiro atoms. The lowest BCUT2D eigenvalue weighted by Crippen LogP contribution is -2.44. The summed E-state index contributed by atoms with van der Waals surface area (Å²) in [5.41, 5.74) is 0.933. The van der Waals surface area contributed by atoms with Crippen molar-refractivity contribution >= 4 is 29.9 Å². The quantitative estimate of drug-likeness (QED) is 0.330. The minimum atomic E-state index is -0.214. The third kappa shape index (κ3) is 8.71. The van der Waals surface area contributed by atoms with Crippen LogP contribution in [0, 0.1) is 5.82 Å². The van der Waals surface area contributed by atoms with Crippen molar-refractivity contribution in [1.29, 1.82) is 0 Å². The Morgan fingerprint density at radius 3 is 2.67 bits per heavy atom. The van der Waals surface area contributed by atoms with Crippen molar-refractivity contribution in [3.05, 3.63) is 35.6 Å². The molecule has 1 aliphatic rings. The smallest absolute Gasteiger partial charge is 0.191 e. The zero-order chi connectivity index (χ0) is 18.8. The molecule has 1 aromatic carbocycles. The molecule has 8 heteroatoms. The third-order valence-corrected chi connectivity index (χ3v) is 4.45. The summed E-state index contributed by atoms with van der Waals surface area (Å²) in [7, 11) is 3.98. The molecule has 154 valence electrons. The van der Waals surface area contributed by atoms with Gasteiger partial charge in [0.05, 0.1) is 25.8 Å². The van der Waals surface area contributed by atoms with Gasteiger partial charge in [0, 0.05) is 32.7 Å². The number of likely N-dealkylation sites (N-methyl/N-ethyl adjacent to an activating group) is 1. The second-order valence-corrected chi connectivity index (χ2v) is 6.63. The largest absolute Gasteiger partial charge is 0.379 e. The molecule has 1 aromatic rings. The van der Waals surface area contributed by atoms with Gasteiger partial charge in [0.1, 0.15) is 5.82 Å². The first-order valence-corrected chi connectivity index (χ1v) is 9.34. The molecule has 1 saturated heterocycles. The highest BCUT2D eigenvalue weighted by Crippen LogP contribution is 2.19. The monoisotopic (exact) mass is 493 g/mol. The van der Waals surface area contributed by atoms with Gasteiger partial charge in [-0.05, 0) is 38.7 Å². The van der Waals surface area contributed by atoms with Gasteiger partial charge in [0.15, 0.2) is 5.96 Å². The van der Waals surface area contributed by atoms with E-state index >= 15 is 0 Å². The summed E-state index contributed by atoms with van der Waals surface area (Å²) in [6.45, 7) is 8.80. The summed E-state index contributed by atoms with van der Waals surface area (Å²) in [5, 5.41) is 6.67. The maximum Gasteiger partial charge on any atom is 0.191 e. The fraction of sp³-hybridized carbons (Fsp3) is 0.632. The van der Waals surface area contributed by atoms with E-state index < -0.39 is 0 Å². The fourth-order valence-corrected chi connectivity index (χ4v) is 2.96. The van der Waals surface area contributed by atoms with E-state index in [1.807, 2.05) is 20.2 Å². The molecular formula is C19H33FIN5O. The van der Waals surface area contributed by atoms with Gasteiger partial charge in [-0.2, -0.15) is 0 Å². The molecule has 2 N–H and O–H groups in total. The van der Waals surface area contributed by atoms with Crippen LogP contribution >= 0.6 is 24.0 Å². The molecule has 1 aliphatic heterocycles. The summed E-state index contributed by atoms with van der Waals surface area (Å²) in [5.74, 6) is 0.581. The molecule has 1 unspecified atom stereocenters. The predicted molar refractivity (Wildman–Crippen MR) is 119 cm³/mol. The summed E-state index contributed by atoms with van der Waals surface area (Å²) in [6.07, 6.45) is 0. The SMILES string of the molecule is CCNC(=NCC(c1cccc(F)c1)N(C)C)NCCN1CCOCC1.I. The van der Waals surface area contributed by atoms with Crippen LogP contribution in [0.2, 0.25) is 0 Å². The lowest BCUT2D eigenvalue weighted by molar-refractivity contribution is 0.0389. The highest BCUT2D eigenvalue weighted by atomic mass is 127. The molecule has 0 radical (unpaired) electrons. The van der Waals surface area contributed by atoms with E-state index in [1.54, 1.807) is 12.1 Å². The van der Waals surface area contributed by atoms with Crippen LogP contribution in [0.4, 0.5) is 4.39 Å². The highest BCUT2D eigenvalue weighted by molar-refractivity contribution is 14.0. The lowest BCUT2D eigenvalue weighted by atomic mass is 10.1. The Balaban J connectivity index is 0.00000364. The summed E-state index contributed by atoms with van der Waals surface area (Å²) in [4.78, 5) is 9.16. The van der Waals surface area contributed by atoms with Crippen LogP contribution in [-0.4, -0.2) is 82.3 Å². The standard InChI is InChI=1S/C19H32FN5O.HI/c1-4-21-19(22-8-9-25-10-12-26-13-11-25)23-15-18(24(2)3)16-6-5-7-17(20)14-16;/h5-7,14,18H,4,8-13,15H2,1-3H3,(H2,21,22,23);1H. The molecule has 1 atom stereocenters. The molecule has 2 rings (SSSR count). The van der Waals surface area contributed by atoms with Crippen molar-refractivity contribution in [2.45, 2.75) is 13.0 Å². The number of ether oxygens (including phenoxy) is 1. The Bertz CT molecular complexity index is 567. The topological polar surface area (TPSA) is 52.1 Å². The molecule has 0 aliphatic carbocycles. The van der Waals surface area contributed by atoms with Crippen molar-refractivity contribution in [3.63, 3.8) is 0 Å². The van der Waals surface area contributed by atoms with Gasteiger partial charge in [-0.3, -0.25) is 9.89 Å². The molecule has 1 fully saturated rings. The minimum Gasteiger partial charge on any atom is -0.379 e. The second kappa shape index (κ2) is 13.2. The Hall–Kier alpha value is -0.970. The second-order valence-electron chi connectivity index (χ2n) is 6.63. The summed E-state index contributed by atoms with van der Waals surface area (Å²) >= 11 is 0. The van der Waals surface area contributed by atoms with Gasteiger partial charge >= 0.3 is 0 Å². The number of hydrogen-bond acceptors (Lipinski definition) is 4. The van der Waals surface area contributed by atoms with Crippen molar-refractivity contribution in [3.8, 4) is 0 Å². The number of nitrogens with zero attached hydrogens (tertiary/aromatic N) is 3. The first-order chi connectivity index (χ1) is 12.6. The van der Waals surface area contributed by atoms with Crippen molar-refractivity contribution in [2.24, 2.45) is 4.99 Å². The molecule has 6 nitrogen and oxygen atoms in total. The van der Waals surface area contributed by atoms with E-state index in [9.17, 15) is 4.39 Å². The Morgan fingerprint density at radius 1 is 1.30 bits per heavy atom. The van der Waals surface area contributed by atoms with Crippen LogP contribution in [0.1, 0.15) is 18.5 Å². The van der Waals surface area contributed by atoms with Crippen molar-refractivity contribution in [1.82, 2.24) is 20.4 Å². The van der Waals surface area contributed by atoms with Crippen LogP contribution in [0.25, 0.3) is 0 Å². The van der Waals surface area contributed by atoms with E-state index in [0.717, 1.165) is 57.5 Å². The van der Waals surface area contributed by atoms with Gasteiger partial charge in [-0.15, -0.1) is 24.0 Å². The third-order valence-electron chi connectivity index (χ3n) is 4.45.